The second kappa shape index (κ2) is 15.7. The maximum absolute atomic E-state index is 14.5. The van der Waals surface area contributed by atoms with Crippen molar-refractivity contribution in [1.29, 1.82) is 0 Å². The number of carbonyl (C=O) groups excluding carboxylic acids is 2. The van der Waals surface area contributed by atoms with Crippen molar-refractivity contribution >= 4 is 68.0 Å². The molecule has 4 rings (SSSR count). The van der Waals surface area contributed by atoms with Gasteiger partial charge in [-0.15, -0.1) is 0 Å². The molecule has 4 aromatic rings. The van der Waals surface area contributed by atoms with Crippen LogP contribution in [0, 0.1) is 17.0 Å². The molecule has 0 aliphatic rings. The van der Waals surface area contributed by atoms with Gasteiger partial charge in [-0.25, -0.2) is 8.42 Å². The predicted octanol–water partition coefficient (Wildman–Crippen LogP) is 6.45. The minimum absolute atomic E-state index is 0.0526. The fourth-order valence-corrected chi connectivity index (χ4v) is 7.07. The van der Waals surface area contributed by atoms with Crippen molar-refractivity contribution in [2.45, 2.75) is 30.8 Å². The van der Waals surface area contributed by atoms with Gasteiger partial charge in [0.25, 0.3) is 15.7 Å². The van der Waals surface area contributed by atoms with E-state index in [1.54, 1.807) is 36.4 Å². The second-order valence-electron chi connectivity index (χ2n) is 10.6. The molecule has 0 radical (unpaired) electrons. The highest BCUT2D eigenvalue weighted by molar-refractivity contribution is 7.92. The molecule has 0 aromatic heterocycles. The van der Waals surface area contributed by atoms with Gasteiger partial charge in [-0.05, 0) is 54.4 Å². The van der Waals surface area contributed by atoms with E-state index >= 15 is 0 Å². The molecule has 0 bridgehead atoms. The van der Waals surface area contributed by atoms with Crippen LogP contribution in [0.3, 0.4) is 0 Å². The summed E-state index contributed by atoms with van der Waals surface area (Å²) < 4.78 is 35.0. The first-order chi connectivity index (χ1) is 22.8. The lowest BCUT2D eigenvalue weighted by molar-refractivity contribution is -0.385. The number of nitrogens with one attached hydrogen (secondary N) is 1. The lowest BCUT2D eigenvalue weighted by atomic mass is 10.0. The Morgan fingerprint density at radius 2 is 1.62 bits per heavy atom. The minimum Gasteiger partial charge on any atom is -0.495 e. The van der Waals surface area contributed by atoms with Gasteiger partial charge in [0.15, 0.2) is 0 Å². The van der Waals surface area contributed by atoms with E-state index < -0.39 is 49.9 Å². The zero-order chi connectivity index (χ0) is 35.2. The van der Waals surface area contributed by atoms with Crippen molar-refractivity contribution in [3.63, 3.8) is 0 Å². The monoisotopic (exact) mass is 732 g/mol. The third-order valence-corrected chi connectivity index (χ3v) is 10.1. The van der Waals surface area contributed by atoms with Gasteiger partial charge in [0.2, 0.25) is 11.8 Å². The number of likely N-dealkylation sites (N-methyl/N-ethyl adjacent to an activating group) is 1. The van der Waals surface area contributed by atoms with Crippen LogP contribution in [0.4, 0.5) is 11.4 Å². The van der Waals surface area contributed by atoms with E-state index in [9.17, 15) is 28.1 Å². The van der Waals surface area contributed by atoms with Gasteiger partial charge in [-0.2, -0.15) is 0 Å². The quantitative estimate of drug-likeness (QED) is 0.123. The Hall–Kier alpha value is -4.36. The van der Waals surface area contributed by atoms with Crippen LogP contribution in [-0.4, -0.2) is 56.8 Å². The maximum atomic E-state index is 14.5. The predicted molar refractivity (Wildman–Crippen MR) is 185 cm³/mol. The molecule has 0 fully saturated rings. The van der Waals surface area contributed by atoms with E-state index in [4.69, 9.17) is 39.5 Å². The van der Waals surface area contributed by atoms with E-state index in [1.165, 1.54) is 62.4 Å². The number of anilines is 1. The molecular formula is C33H31Cl3N4O7S. The first-order valence-corrected chi connectivity index (χ1v) is 16.9. The fraction of sp³-hybridized carbons (Fsp3) is 0.212. The van der Waals surface area contributed by atoms with Gasteiger partial charge in [0.1, 0.15) is 18.3 Å². The van der Waals surface area contributed by atoms with Crippen LogP contribution >= 0.6 is 34.8 Å². The minimum atomic E-state index is -4.70. The molecule has 1 N–H and O–H groups in total. The molecule has 0 saturated carbocycles. The number of nitro groups is 1. The summed E-state index contributed by atoms with van der Waals surface area (Å²) in [5.41, 5.74) is 0.883. The molecule has 1 unspecified atom stereocenters. The third-order valence-electron chi connectivity index (χ3n) is 7.53. The SMILES string of the molecule is CNC(=O)C(Cc1ccccc1)N(Cc1ccc(Cl)cc1Cl)C(=O)CN(c1cc(Cl)ccc1OC)S(=O)(=O)c1ccc(C)c([N+](=O)[O-])c1. The number of carbonyl (C=O) groups is 2. The molecule has 0 saturated heterocycles. The van der Waals surface area contributed by atoms with Crippen LogP contribution in [0.1, 0.15) is 16.7 Å². The Kier molecular flexibility index (Phi) is 11.9. The van der Waals surface area contributed by atoms with Crippen LogP contribution < -0.4 is 14.4 Å². The summed E-state index contributed by atoms with van der Waals surface area (Å²) in [4.78, 5) is 39.8. The summed E-state index contributed by atoms with van der Waals surface area (Å²) in [7, 11) is -1.96. The smallest absolute Gasteiger partial charge is 0.273 e. The highest BCUT2D eigenvalue weighted by Crippen LogP contribution is 2.36. The van der Waals surface area contributed by atoms with Crippen molar-refractivity contribution in [3.8, 4) is 5.75 Å². The Morgan fingerprint density at radius 1 is 0.958 bits per heavy atom. The lowest BCUT2D eigenvalue weighted by Crippen LogP contribution is -2.53. The van der Waals surface area contributed by atoms with Crippen LogP contribution in [0.2, 0.25) is 15.1 Å². The molecule has 0 spiro atoms. The van der Waals surface area contributed by atoms with Crippen molar-refractivity contribution in [2.75, 3.05) is 25.0 Å². The average Bonchev–Trinajstić information content (AvgIpc) is 3.06. The second-order valence-corrected chi connectivity index (χ2v) is 13.8. The van der Waals surface area contributed by atoms with Crippen LogP contribution in [0.15, 0.2) is 89.8 Å². The number of hydrogen-bond donors (Lipinski definition) is 1. The molecule has 4 aromatic carbocycles. The average molecular weight is 734 g/mol. The molecular weight excluding hydrogens is 703 g/mol. The highest BCUT2D eigenvalue weighted by Gasteiger charge is 2.36. The van der Waals surface area contributed by atoms with Gasteiger partial charge in [-0.1, -0.05) is 77.3 Å². The number of sulfonamides is 1. The molecule has 48 heavy (non-hydrogen) atoms. The molecule has 2 amide bonds. The number of rotatable bonds is 13. The van der Waals surface area contributed by atoms with E-state index in [1.807, 2.05) is 6.07 Å². The molecule has 1 atom stereocenters. The number of nitro benzene ring substituents is 1. The Labute approximate surface area is 293 Å². The van der Waals surface area contributed by atoms with E-state index in [-0.39, 0.29) is 40.0 Å². The van der Waals surface area contributed by atoms with E-state index in [0.29, 0.717) is 10.6 Å². The van der Waals surface area contributed by atoms with Crippen molar-refractivity contribution < 1.29 is 27.7 Å². The van der Waals surface area contributed by atoms with Crippen LogP contribution in [-0.2, 0) is 32.6 Å². The first-order valence-electron chi connectivity index (χ1n) is 14.4. The fourth-order valence-electron chi connectivity index (χ4n) is 5.00. The summed E-state index contributed by atoms with van der Waals surface area (Å²) in [5, 5.41) is 15.0. The van der Waals surface area contributed by atoms with Crippen molar-refractivity contribution in [3.05, 3.63) is 127 Å². The maximum Gasteiger partial charge on any atom is 0.273 e. The first kappa shape index (κ1) is 36.5. The highest BCUT2D eigenvalue weighted by atomic mass is 35.5. The summed E-state index contributed by atoms with van der Waals surface area (Å²) in [6, 6.07) is 20.2. The van der Waals surface area contributed by atoms with Crippen LogP contribution in [0.25, 0.3) is 0 Å². The molecule has 11 nitrogen and oxygen atoms in total. The van der Waals surface area contributed by atoms with Gasteiger partial charge in [0, 0.05) is 46.7 Å². The number of hydrogen-bond acceptors (Lipinski definition) is 7. The molecule has 0 heterocycles. The largest absolute Gasteiger partial charge is 0.495 e. The number of amides is 2. The van der Waals surface area contributed by atoms with Crippen molar-refractivity contribution in [2.24, 2.45) is 0 Å². The number of methoxy groups -OCH3 is 1. The van der Waals surface area contributed by atoms with Crippen LogP contribution in [0.5, 0.6) is 5.75 Å². The van der Waals surface area contributed by atoms with E-state index in [0.717, 1.165) is 15.9 Å². The number of aryl methyl sites for hydroxylation is 1. The summed E-state index contributed by atoms with van der Waals surface area (Å²) in [6.07, 6.45) is 0.0782. The standard InChI is InChI=1S/C33H31Cl3N4O7S/c1-21-9-13-26(18-28(21)40(43)44)48(45,46)39(29-17-25(35)12-14-31(29)47-3)20-32(41)38(19-23-10-11-24(34)16-27(23)36)30(33(42)37-2)15-22-7-5-4-6-8-22/h4-14,16-18,30H,15,19-20H2,1-3H3,(H,37,42). The number of nitrogens with zero attached hydrogens (tertiary/aromatic N) is 3. The lowest BCUT2D eigenvalue weighted by Gasteiger charge is -2.34. The summed E-state index contributed by atoms with van der Waals surface area (Å²) in [6.45, 7) is 0.422. The zero-order valence-electron chi connectivity index (χ0n) is 26.0. The van der Waals surface area contributed by atoms with Gasteiger partial charge < -0.3 is 15.0 Å². The number of benzene rings is 4. The summed E-state index contributed by atoms with van der Waals surface area (Å²) in [5.74, 6) is -1.25. The van der Waals surface area contributed by atoms with Crippen molar-refractivity contribution in [1.82, 2.24) is 10.2 Å². The Balaban J connectivity index is 1.89. The Morgan fingerprint density at radius 3 is 2.25 bits per heavy atom. The normalized spacial score (nSPS) is 11.8. The van der Waals surface area contributed by atoms with Gasteiger partial charge >= 0.3 is 0 Å². The molecule has 15 heteroatoms. The number of halogens is 3. The molecule has 0 aliphatic carbocycles. The topological polar surface area (TPSA) is 139 Å². The zero-order valence-corrected chi connectivity index (χ0v) is 29.1. The van der Waals surface area contributed by atoms with Gasteiger partial charge in [0.05, 0.1) is 22.6 Å². The molecule has 252 valence electrons. The van der Waals surface area contributed by atoms with Gasteiger partial charge in [-0.3, -0.25) is 24.0 Å². The molecule has 0 aliphatic heterocycles. The summed E-state index contributed by atoms with van der Waals surface area (Å²) >= 11 is 18.9. The number of ether oxygens (including phenoxy) is 1. The third kappa shape index (κ3) is 8.37. The van der Waals surface area contributed by atoms with E-state index in [2.05, 4.69) is 5.32 Å². The Bertz CT molecular complexity index is 1950.